The zero-order chi connectivity index (χ0) is 24.9. The minimum atomic E-state index is -0.585. The lowest BCUT2D eigenvalue weighted by molar-refractivity contribution is -0.385. The number of nitro benzene ring substituents is 1. The van der Waals surface area contributed by atoms with Gasteiger partial charge in [-0.3, -0.25) is 24.5 Å². The minimum Gasteiger partial charge on any atom is -0.391 e. The van der Waals surface area contributed by atoms with Gasteiger partial charge in [0.1, 0.15) is 0 Å². The Labute approximate surface area is 201 Å². The van der Waals surface area contributed by atoms with Crippen LogP contribution in [0.25, 0.3) is 0 Å². The number of aliphatic hydroxyl groups is 1. The third kappa shape index (κ3) is 9.10. The molecule has 0 spiro atoms. The lowest BCUT2D eigenvalue weighted by atomic mass is 10.1. The Hall–Kier alpha value is -2.99. The van der Waals surface area contributed by atoms with Gasteiger partial charge in [-0.15, -0.1) is 5.06 Å². The third-order valence-electron chi connectivity index (χ3n) is 5.07. The van der Waals surface area contributed by atoms with E-state index in [1.807, 2.05) is 0 Å². The molecule has 1 aromatic rings. The maximum absolute atomic E-state index is 12.0. The molecule has 3 amide bonds. The molecule has 0 radical (unpaired) electrons. The summed E-state index contributed by atoms with van der Waals surface area (Å²) in [6.45, 7) is -0.237. The molecule has 2 N–H and O–H groups in total. The number of rotatable bonds is 15. The van der Waals surface area contributed by atoms with E-state index in [0.717, 1.165) is 24.3 Å². The number of hydroxylamine groups is 2. The zero-order valence-electron chi connectivity index (χ0n) is 18.8. The van der Waals surface area contributed by atoms with Crippen molar-refractivity contribution in [1.82, 2.24) is 10.4 Å². The number of carbonyl (C=O) groups is 4. The van der Waals surface area contributed by atoms with Crippen molar-refractivity contribution in [3.8, 4) is 0 Å². The highest BCUT2D eigenvalue weighted by molar-refractivity contribution is 7.99. The van der Waals surface area contributed by atoms with Crippen molar-refractivity contribution in [3.05, 3.63) is 39.4 Å². The average molecular weight is 496 g/mol. The monoisotopic (exact) mass is 495 g/mol. The number of nitrogens with one attached hydrogen (secondary N) is 1. The molecule has 0 bridgehead atoms. The van der Waals surface area contributed by atoms with Crippen molar-refractivity contribution in [3.63, 3.8) is 0 Å². The number of imide groups is 1. The summed E-state index contributed by atoms with van der Waals surface area (Å²) in [6.07, 6.45) is 3.62. The van der Waals surface area contributed by atoms with Crippen LogP contribution < -0.4 is 5.32 Å². The summed E-state index contributed by atoms with van der Waals surface area (Å²) in [4.78, 5) is 61.7. The largest absolute Gasteiger partial charge is 0.391 e. The fourth-order valence-electron chi connectivity index (χ4n) is 3.18. The highest BCUT2D eigenvalue weighted by Gasteiger charge is 2.32. The lowest BCUT2D eigenvalue weighted by Crippen LogP contribution is -2.31. The standard InChI is InChI=1S/C22H29N3O8S/c26-15-17-8-7-16(13-18(17)25(31)32)14-23-19(27)5-1-3-11-34-12-4-2-6-22(30)33-24-20(28)9-10-21(24)29/h7-8,13,26H,1-6,9-12,14-15H2,(H,23,27). The Bertz CT molecular complexity index is 892. The Kier molecular flexibility index (Phi) is 11.5. The lowest BCUT2D eigenvalue weighted by Gasteiger charge is -2.12. The second-order valence-corrected chi connectivity index (χ2v) is 8.95. The van der Waals surface area contributed by atoms with E-state index in [1.165, 1.54) is 12.1 Å². The van der Waals surface area contributed by atoms with Gasteiger partial charge in [-0.05, 0) is 48.8 Å². The SMILES string of the molecule is O=C(CCCCSCCCCC(=O)ON1C(=O)CCC1=O)NCc1ccc(CO)c([N+](=O)[O-])c1. The van der Waals surface area contributed by atoms with Crippen LogP contribution in [0.5, 0.6) is 0 Å². The van der Waals surface area contributed by atoms with Crippen molar-refractivity contribution in [2.75, 3.05) is 11.5 Å². The smallest absolute Gasteiger partial charge is 0.333 e. The van der Waals surface area contributed by atoms with Crippen LogP contribution in [0.3, 0.4) is 0 Å². The van der Waals surface area contributed by atoms with E-state index in [4.69, 9.17) is 9.94 Å². The van der Waals surface area contributed by atoms with Crippen molar-refractivity contribution in [1.29, 1.82) is 0 Å². The molecule has 0 aromatic heterocycles. The van der Waals surface area contributed by atoms with E-state index in [0.29, 0.717) is 29.9 Å². The first-order chi connectivity index (χ1) is 16.3. The molecule has 1 aromatic carbocycles. The van der Waals surface area contributed by atoms with Crippen molar-refractivity contribution in [2.24, 2.45) is 0 Å². The van der Waals surface area contributed by atoms with Gasteiger partial charge in [0, 0.05) is 38.3 Å². The molecule has 2 rings (SSSR count). The van der Waals surface area contributed by atoms with Gasteiger partial charge in [0.2, 0.25) is 5.91 Å². The van der Waals surface area contributed by atoms with Crippen molar-refractivity contribution < 1.29 is 34.0 Å². The summed E-state index contributed by atoms with van der Waals surface area (Å²) < 4.78 is 0. The molecule has 1 aliphatic heterocycles. The fraction of sp³-hybridized carbons (Fsp3) is 0.545. The van der Waals surface area contributed by atoms with Crippen LogP contribution in [0.15, 0.2) is 18.2 Å². The first-order valence-electron chi connectivity index (χ1n) is 11.1. The molecule has 186 valence electrons. The molecule has 1 aliphatic rings. The van der Waals surface area contributed by atoms with Crippen molar-refractivity contribution >= 4 is 41.1 Å². The predicted octanol–water partition coefficient (Wildman–Crippen LogP) is 2.38. The van der Waals surface area contributed by atoms with E-state index in [-0.39, 0.29) is 43.0 Å². The van der Waals surface area contributed by atoms with E-state index >= 15 is 0 Å². The molecule has 0 unspecified atom stereocenters. The highest BCUT2D eigenvalue weighted by atomic mass is 32.2. The quantitative estimate of drug-likeness (QED) is 0.161. The molecule has 0 saturated carbocycles. The van der Waals surface area contributed by atoms with Crippen LogP contribution >= 0.6 is 11.8 Å². The Balaban J connectivity index is 1.48. The zero-order valence-corrected chi connectivity index (χ0v) is 19.6. The number of aliphatic hydroxyl groups excluding tert-OH is 1. The van der Waals surface area contributed by atoms with Gasteiger partial charge in [-0.25, -0.2) is 4.79 Å². The summed E-state index contributed by atoms with van der Waals surface area (Å²) in [5.41, 5.74) is 0.655. The number of carbonyl (C=O) groups excluding carboxylic acids is 4. The fourth-order valence-corrected chi connectivity index (χ4v) is 4.20. The second-order valence-electron chi connectivity index (χ2n) is 7.73. The maximum atomic E-state index is 12.0. The van der Waals surface area contributed by atoms with E-state index in [9.17, 15) is 29.3 Å². The number of hydrogen-bond acceptors (Lipinski definition) is 9. The van der Waals surface area contributed by atoms with Crippen LogP contribution in [-0.4, -0.2) is 50.3 Å². The first kappa shape index (κ1) is 27.3. The number of benzene rings is 1. The van der Waals surface area contributed by atoms with Gasteiger partial charge in [0.25, 0.3) is 17.5 Å². The summed E-state index contributed by atoms with van der Waals surface area (Å²) in [7, 11) is 0. The molecule has 1 heterocycles. The third-order valence-corrected chi connectivity index (χ3v) is 6.22. The van der Waals surface area contributed by atoms with E-state index in [2.05, 4.69) is 5.32 Å². The average Bonchev–Trinajstić information content (AvgIpc) is 3.13. The van der Waals surface area contributed by atoms with Gasteiger partial charge < -0.3 is 15.3 Å². The van der Waals surface area contributed by atoms with Gasteiger partial charge in [0.05, 0.1) is 17.1 Å². The number of amides is 3. The normalized spacial score (nSPS) is 13.3. The first-order valence-corrected chi connectivity index (χ1v) is 12.3. The predicted molar refractivity (Wildman–Crippen MR) is 123 cm³/mol. The molecule has 0 atom stereocenters. The number of unbranched alkanes of at least 4 members (excludes halogenated alkanes) is 2. The van der Waals surface area contributed by atoms with Crippen LogP contribution in [0.1, 0.15) is 62.5 Å². The summed E-state index contributed by atoms with van der Waals surface area (Å²) in [5.74, 6) is 0.0462. The number of nitrogens with zero attached hydrogens (tertiary/aromatic N) is 2. The summed E-state index contributed by atoms with van der Waals surface area (Å²) >= 11 is 1.72. The maximum Gasteiger partial charge on any atom is 0.333 e. The Morgan fingerprint density at radius 3 is 2.35 bits per heavy atom. The minimum absolute atomic E-state index is 0.0778. The molecular weight excluding hydrogens is 466 g/mol. The summed E-state index contributed by atoms with van der Waals surface area (Å²) in [5, 5.41) is 23.5. The molecule has 0 aliphatic carbocycles. The van der Waals surface area contributed by atoms with Gasteiger partial charge in [-0.1, -0.05) is 6.07 Å². The highest BCUT2D eigenvalue weighted by Crippen LogP contribution is 2.20. The van der Waals surface area contributed by atoms with Gasteiger partial charge >= 0.3 is 5.97 Å². The molecule has 12 heteroatoms. The Morgan fingerprint density at radius 2 is 1.74 bits per heavy atom. The topological polar surface area (TPSA) is 156 Å². The van der Waals surface area contributed by atoms with E-state index < -0.39 is 29.3 Å². The molecular formula is C22H29N3O8S. The van der Waals surface area contributed by atoms with Crippen molar-refractivity contribution in [2.45, 2.75) is 64.5 Å². The molecule has 34 heavy (non-hydrogen) atoms. The van der Waals surface area contributed by atoms with Gasteiger partial charge in [0.15, 0.2) is 0 Å². The van der Waals surface area contributed by atoms with Gasteiger partial charge in [-0.2, -0.15) is 11.8 Å². The van der Waals surface area contributed by atoms with Crippen LogP contribution in [0.4, 0.5) is 5.69 Å². The number of thioether (sulfide) groups is 1. The summed E-state index contributed by atoms with van der Waals surface area (Å²) in [6, 6.07) is 4.48. The van der Waals surface area contributed by atoms with Crippen LogP contribution in [-0.2, 0) is 37.2 Å². The molecule has 1 fully saturated rings. The van der Waals surface area contributed by atoms with E-state index in [1.54, 1.807) is 17.8 Å². The Morgan fingerprint density at radius 1 is 1.09 bits per heavy atom. The molecule has 1 saturated heterocycles. The number of nitro groups is 1. The second kappa shape index (κ2) is 14.3. The number of hydrogen-bond donors (Lipinski definition) is 2. The molecule has 11 nitrogen and oxygen atoms in total. The van der Waals surface area contributed by atoms with Crippen LogP contribution in [0.2, 0.25) is 0 Å². The van der Waals surface area contributed by atoms with Crippen LogP contribution in [0, 0.1) is 10.1 Å².